The normalized spacial score (nSPS) is 17.4. The molecule has 2 aromatic rings. The van der Waals surface area contributed by atoms with Crippen LogP contribution >= 0.6 is 0 Å². The monoisotopic (exact) mass is 391 g/mol. The fourth-order valence-electron chi connectivity index (χ4n) is 3.49. The van der Waals surface area contributed by atoms with Crippen molar-refractivity contribution in [3.8, 4) is 17.6 Å². The molecule has 1 atom stereocenters. The molecule has 2 aromatic carbocycles. The van der Waals surface area contributed by atoms with Crippen LogP contribution in [0.2, 0.25) is 0 Å². The van der Waals surface area contributed by atoms with E-state index in [0.29, 0.717) is 22.7 Å². The van der Waals surface area contributed by atoms with E-state index in [0.717, 1.165) is 10.5 Å². The van der Waals surface area contributed by atoms with Gasteiger partial charge in [-0.1, -0.05) is 6.07 Å². The van der Waals surface area contributed by atoms with Crippen molar-refractivity contribution < 1.29 is 23.9 Å². The van der Waals surface area contributed by atoms with Crippen molar-refractivity contribution >= 4 is 23.4 Å². The van der Waals surface area contributed by atoms with E-state index in [2.05, 4.69) is 0 Å². The number of hydrogen-bond donors (Lipinski definition) is 0. The van der Waals surface area contributed by atoms with Crippen LogP contribution in [-0.4, -0.2) is 35.5 Å². The highest BCUT2D eigenvalue weighted by molar-refractivity contribution is 6.23. The predicted octanol–water partition coefficient (Wildman–Crippen LogP) is 1.97. The van der Waals surface area contributed by atoms with E-state index in [-0.39, 0.29) is 31.6 Å². The van der Waals surface area contributed by atoms with Crippen molar-refractivity contribution in [2.24, 2.45) is 0 Å². The molecule has 0 radical (unpaired) electrons. The minimum atomic E-state index is -0.888. The van der Waals surface area contributed by atoms with Gasteiger partial charge in [0.25, 0.3) is 5.91 Å². The molecule has 29 heavy (non-hydrogen) atoms. The van der Waals surface area contributed by atoms with Gasteiger partial charge in [-0.05, 0) is 42.0 Å². The van der Waals surface area contributed by atoms with Gasteiger partial charge in [-0.3, -0.25) is 14.4 Å². The molecule has 3 amide bonds. The van der Waals surface area contributed by atoms with Crippen LogP contribution < -0.4 is 14.4 Å². The Morgan fingerprint density at radius 1 is 1.17 bits per heavy atom. The smallest absolute Gasteiger partial charge is 0.257 e. The predicted molar refractivity (Wildman–Crippen MR) is 101 cm³/mol. The van der Waals surface area contributed by atoms with E-state index in [1.165, 1.54) is 11.8 Å². The van der Waals surface area contributed by atoms with Crippen LogP contribution in [0.3, 0.4) is 0 Å². The lowest BCUT2D eigenvalue weighted by Crippen LogP contribution is -2.44. The fourth-order valence-corrected chi connectivity index (χ4v) is 3.49. The van der Waals surface area contributed by atoms with Gasteiger partial charge in [0.15, 0.2) is 11.5 Å². The summed E-state index contributed by atoms with van der Waals surface area (Å²) in [5.74, 6) is 0.0501. The first-order valence-corrected chi connectivity index (χ1v) is 9.00. The second kappa shape index (κ2) is 7.28. The molecule has 2 heterocycles. The van der Waals surface area contributed by atoms with Gasteiger partial charge in [-0.15, -0.1) is 0 Å². The molecule has 1 saturated heterocycles. The number of imide groups is 1. The van der Waals surface area contributed by atoms with Crippen LogP contribution in [0.15, 0.2) is 42.5 Å². The zero-order valence-electron chi connectivity index (χ0n) is 15.6. The number of rotatable bonds is 4. The second-order valence-electron chi connectivity index (χ2n) is 6.78. The first-order chi connectivity index (χ1) is 14.0. The lowest BCUT2D eigenvalue weighted by molar-refractivity contribution is -0.137. The number of anilines is 1. The van der Waals surface area contributed by atoms with Crippen LogP contribution in [0.5, 0.6) is 11.5 Å². The molecular weight excluding hydrogens is 374 g/mol. The summed E-state index contributed by atoms with van der Waals surface area (Å²) in [5, 5.41) is 8.91. The Kier molecular flexibility index (Phi) is 4.64. The molecule has 0 aromatic heterocycles. The van der Waals surface area contributed by atoms with Crippen LogP contribution in [0.4, 0.5) is 5.69 Å². The van der Waals surface area contributed by atoms with Crippen molar-refractivity contribution in [3.63, 3.8) is 0 Å². The zero-order valence-corrected chi connectivity index (χ0v) is 15.6. The number of amides is 3. The topological polar surface area (TPSA) is 99.9 Å². The number of carbonyl (C=O) groups excluding carboxylic acids is 3. The standard InChI is InChI=1S/C21H17N3O5/c1-13(25)23(11-15-4-7-18-19(8-15)29-12-28-18)17-9-20(26)24(21(17)27)16-5-2-14(10-22)3-6-16/h2-8,17H,9,11-12H2,1H3. The quantitative estimate of drug-likeness (QED) is 0.739. The van der Waals surface area contributed by atoms with Crippen LogP contribution in [0.1, 0.15) is 24.5 Å². The van der Waals surface area contributed by atoms with E-state index >= 15 is 0 Å². The van der Waals surface area contributed by atoms with Crippen molar-refractivity contribution in [2.75, 3.05) is 11.7 Å². The van der Waals surface area contributed by atoms with Crippen molar-refractivity contribution in [1.29, 1.82) is 5.26 Å². The average Bonchev–Trinajstić information content (AvgIpc) is 3.29. The van der Waals surface area contributed by atoms with E-state index in [1.807, 2.05) is 6.07 Å². The Morgan fingerprint density at radius 3 is 2.59 bits per heavy atom. The van der Waals surface area contributed by atoms with E-state index in [4.69, 9.17) is 14.7 Å². The Hall–Kier alpha value is -3.86. The maximum Gasteiger partial charge on any atom is 0.257 e. The molecule has 2 aliphatic rings. The molecule has 146 valence electrons. The van der Waals surface area contributed by atoms with E-state index in [1.54, 1.807) is 42.5 Å². The summed E-state index contributed by atoms with van der Waals surface area (Å²) in [6.45, 7) is 1.68. The molecule has 0 saturated carbocycles. The summed E-state index contributed by atoms with van der Waals surface area (Å²) in [7, 11) is 0. The van der Waals surface area contributed by atoms with Gasteiger partial charge in [0, 0.05) is 13.5 Å². The molecule has 0 N–H and O–H groups in total. The lowest BCUT2D eigenvalue weighted by Gasteiger charge is -2.26. The number of ether oxygens (including phenoxy) is 2. The van der Waals surface area contributed by atoms with Crippen LogP contribution in [0.25, 0.3) is 0 Å². The van der Waals surface area contributed by atoms with Gasteiger partial charge in [-0.25, -0.2) is 4.90 Å². The van der Waals surface area contributed by atoms with Gasteiger partial charge in [-0.2, -0.15) is 5.26 Å². The number of hydrogen-bond acceptors (Lipinski definition) is 6. The third kappa shape index (κ3) is 3.38. The molecule has 8 heteroatoms. The van der Waals surface area contributed by atoms with Gasteiger partial charge in [0.1, 0.15) is 6.04 Å². The van der Waals surface area contributed by atoms with Crippen LogP contribution in [-0.2, 0) is 20.9 Å². The number of fused-ring (bicyclic) bond motifs is 1. The third-order valence-electron chi connectivity index (χ3n) is 4.95. The molecule has 2 aliphatic heterocycles. The molecule has 0 bridgehead atoms. The second-order valence-corrected chi connectivity index (χ2v) is 6.78. The number of nitriles is 1. The Labute approximate surface area is 166 Å². The molecular formula is C21H17N3O5. The highest BCUT2D eigenvalue weighted by Gasteiger charge is 2.43. The molecule has 1 fully saturated rings. The maximum atomic E-state index is 13.0. The lowest BCUT2D eigenvalue weighted by atomic mass is 10.1. The first kappa shape index (κ1) is 18.5. The highest BCUT2D eigenvalue weighted by atomic mass is 16.7. The molecule has 1 unspecified atom stereocenters. The summed E-state index contributed by atoms with van der Waals surface area (Å²) in [6.07, 6.45) is -0.0943. The fraction of sp³-hybridized carbons (Fsp3) is 0.238. The van der Waals surface area contributed by atoms with Crippen molar-refractivity contribution in [2.45, 2.75) is 25.9 Å². The largest absolute Gasteiger partial charge is 0.454 e. The van der Waals surface area contributed by atoms with Crippen LogP contribution in [0, 0.1) is 11.3 Å². The highest BCUT2D eigenvalue weighted by Crippen LogP contribution is 2.33. The minimum Gasteiger partial charge on any atom is -0.454 e. The molecule has 0 aliphatic carbocycles. The zero-order chi connectivity index (χ0) is 20.5. The summed E-state index contributed by atoms with van der Waals surface area (Å²) >= 11 is 0. The average molecular weight is 391 g/mol. The van der Waals surface area contributed by atoms with E-state index < -0.39 is 11.9 Å². The summed E-state index contributed by atoms with van der Waals surface area (Å²) in [4.78, 5) is 40.3. The molecule has 4 rings (SSSR count). The summed E-state index contributed by atoms with van der Waals surface area (Å²) in [6, 6.07) is 12.6. The number of nitrogens with zero attached hydrogens (tertiary/aromatic N) is 3. The Balaban J connectivity index is 1.57. The maximum absolute atomic E-state index is 13.0. The summed E-state index contributed by atoms with van der Waals surface area (Å²) < 4.78 is 10.6. The minimum absolute atomic E-state index is 0.0943. The third-order valence-corrected chi connectivity index (χ3v) is 4.95. The molecule has 8 nitrogen and oxygen atoms in total. The van der Waals surface area contributed by atoms with Crippen molar-refractivity contribution in [3.05, 3.63) is 53.6 Å². The first-order valence-electron chi connectivity index (χ1n) is 9.00. The van der Waals surface area contributed by atoms with Gasteiger partial charge in [0.05, 0.1) is 23.7 Å². The molecule has 0 spiro atoms. The van der Waals surface area contributed by atoms with Gasteiger partial charge >= 0.3 is 0 Å². The summed E-state index contributed by atoms with van der Waals surface area (Å²) in [5.41, 5.74) is 1.58. The van der Waals surface area contributed by atoms with Gasteiger partial charge in [0.2, 0.25) is 18.6 Å². The van der Waals surface area contributed by atoms with E-state index in [9.17, 15) is 14.4 Å². The number of benzene rings is 2. The Bertz CT molecular complexity index is 1040. The number of carbonyl (C=O) groups is 3. The van der Waals surface area contributed by atoms with Gasteiger partial charge < -0.3 is 14.4 Å². The van der Waals surface area contributed by atoms with Crippen molar-refractivity contribution in [1.82, 2.24) is 4.90 Å². The Morgan fingerprint density at radius 2 is 1.90 bits per heavy atom. The SMILES string of the molecule is CC(=O)N(Cc1ccc2c(c1)OCO2)C1CC(=O)N(c2ccc(C#N)cc2)C1=O.